The first-order chi connectivity index (χ1) is 7.11. The number of fused-ring (bicyclic) bond motifs is 1. The molecule has 0 fully saturated rings. The van der Waals surface area contributed by atoms with E-state index in [0.29, 0.717) is 0 Å². The fourth-order valence-electron chi connectivity index (χ4n) is 1.41. The van der Waals surface area contributed by atoms with Crippen molar-refractivity contribution < 1.29 is 4.79 Å². The molecule has 0 heterocycles. The highest BCUT2D eigenvalue weighted by molar-refractivity contribution is 14.1. The van der Waals surface area contributed by atoms with Crippen LogP contribution in [0.4, 0.5) is 0 Å². The van der Waals surface area contributed by atoms with E-state index in [0.717, 1.165) is 20.8 Å². The largest absolute Gasteiger partial charge is 0.298 e. The van der Waals surface area contributed by atoms with Crippen LogP contribution in [0.2, 0.25) is 0 Å². The molecule has 0 aliphatic rings. The number of halogens is 3. The zero-order valence-corrected chi connectivity index (χ0v) is 13.9. The zero-order valence-electron chi connectivity index (χ0n) is 7.43. The van der Waals surface area contributed by atoms with Crippen LogP contribution >= 0.6 is 67.8 Å². The van der Waals surface area contributed by atoms with Crippen LogP contribution < -0.4 is 0 Å². The molecule has 0 saturated heterocycles. The van der Waals surface area contributed by atoms with Gasteiger partial charge in [0.25, 0.3) is 0 Å². The molecule has 4 heteroatoms. The lowest BCUT2D eigenvalue weighted by molar-refractivity contribution is 0.112. The molecule has 2 aromatic rings. The van der Waals surface area contributed by atoms with Crippen LogP contribution in [-0.2, 0) is 0 Å². The molecule has 0 N–H and O–H groups in total. The monoisotopic (exact) mass is 534 g/mol. The lowest BCUT2D eigenvalue weighted by Crippen LogP contribution is -1.89. The number of carbonyl (C=O) groups is 1. The molecule has 2 aromatic carbocycles. The summed E-state index contributed by atoms with van der Waals surface area (Å²) in [5.41, 5.74) is 0.765. The van der Waals surface area contributed by atoms with E-state index in [1.54, 1.807) is 0 Å². The van der Waals surface area contributed by atoms with Crippen molar-refractivity contribution in [2.75, 3.05) is 0 Å². The molecule has 0 unspecified atom stereocenters. The molecule has 0 amide bonds. The first-order valence-corrected chi connectivity index (χ1v) is 7.39. The molecular formula is C11H5I3O. The first-order valence-electron chi connectivity index (χ1n) is 4.15. The Morgan fingerprint density at radius 3 is 2.33 bits per heavy atom. The van der Waals surface area contributed by atoms with E-state index in [-0.39, 0.29) is 0 Å². The van der Waals surface area contributed by atoms with Crippen LogP contribution in [0.3, 0.4) is 0 Å². The fourth-order valence-corrected chi connectivity index (χ4v) is 4.05. The zero-order chi connectivity index (χ0) is 11.0. The van der Waals surface area contributed by atoms with E-state index in [9.17, 15) is 4.79 Å². The van der Waals surface area contributed by atoms with Crippen molar-refractivity contribution in [2.45, 2.75) is 0 Å². The topological polar surface area (TPSA) is 17.1 Å². The predicted octanol–water partition coefficient (Wildman–Crippen LogP) is 4.47. The molecule has 0 spiro atoms. The summed E-state index contributed by atoms with van der Waals surface area (Å²) in [6, 6.07) is 8.26. The molecule has 0 radical (unpaired) electrons. The minimum atomic E-state index is 0.765. The highest BCUT2D eigenvalue weighted by Gasteiger charge is 2.05. The number of hydrogen-bond donors (Lipinski definition) is 0. The highest BCUT2D eigenvalue weighted by atomic mass is 127. The van der Waals surface area contributed by atoms with Gasteiger partial charge in [0, 0.05) is 16.3 Å². The second-order valence-electron chi connectivity index (χ2n) is 3.10. The molecular weight excluding hydrogens is 529 g/mol. The Hall–Kier alpha value is 0.560. The molecule has 0 aliphatic heterocycles. The Morgan fingerprint density at radius 1 is 0.933 bits per heavy atom. The number of hydrogen-bond acceptors (Lipinski definition) is 1. The summed E-state index contributed by atoms with van der Waals surface area (Å²) in [6.45, 7) is 0. The van der Waals surface area contributed by atoms with Crippen molar-refractivity contribution in [2.24, 2.45) is 0 Å². The maximum Gasteiger partial charge on any atom is 0.151 e. The molecule has 0 atom stereocenters. The quantitative estimate of drug-likeness (QED) is 0.391. The lowest BCUT2D eigenvalue weighted by Gasteiger charge is -2.05. The van der Waals surface area contributed by atoms with Crippen LogP contribution in [0.5, 0.6) is 0 Å². The Kier molecular flexibility index (Phi) is 3.87. The molecule has 15 heavy (non-hydrogen) atoms. The van der Waals surface area contributed by atoms with Crippen LogP contribution in [0.1, 0.15) is 10.4 Å². The van der Waals surface area contributed by atoms with Crippen molar-refractivity contribution in [3.63, 3.8) is 0 Å². The molecule has 2 rings (SSSR count). The van der Waals surface area contributed by atoms with Gasteiger partial charge in [-0.05, 0) is 103 Å². The number of benzene rings is 2. The van der Waals surface area contributed by atoms with Crippen LogP contribution in [-0.4, -0.2) is 6.29 Å². The van der Waals surface area contributed by atoms with E-state index in [1.807, 2.05) is 6.07 Å². The Bertz CT molecular complexity index is 549. The maximum atomic E-state index is 10.8. The van der Waals surface area contributed by atoms with Gasteiger partial charge in [0.2, 0.25) is 0 Å². The normalized spacial score (nSPS) is 10.6. The van der Waals surface area contributed by atoms with Gasteiger partial charge in [0.05, 0.1) is 0 Å². The average molecular weight is 534 g/mol. The minimum Gasteiger partial charge on any atom is -0.298 e. The SMILES string of the molecule is O=Cc1cc2cc(I)cc(I)c2cc1I. The van der Waals surface area contributed by atoms with Crippen molar-refractivity contribution in [3.8, 4) is 0 Å². The summed E-state index contributed by atoms with van der Waals surface area (Å²) in [5, 5.41) is 2.35. The average Bonchev–Trinajstić information content (AvgIpc) is 2.18. The number of aldehydes is 1. The molecule has 0 saturated carbocycles. The smallest absolute Gasteiger partial charge is 0.151 e. The van der Waals surface area contributed by atoms with E-state index in [2.05, 4.69) is 86.0 Å². The van der Waals surface area contributed by atoms with E-state index in [1.165, 1.54) is 12.5 Å². The van der Waals surface area contributed by atoms with E-state index in [4.69, 9.17) is 0 Å². The standard InChI is InChI=1S/C11H5I3O/c12-8-2-6-1-7(5-15)10(13)4-9(6)11(14)3-8/h1-5H. The number of carbonyl (C=O) groups excluding carboxylic acids is 1. The third kappa shape index (κ3) is 2.46. The third-order valence-corrected chi connectivity index (χ3v) is 4.56. The summed E-state index contributed by atoms with van der Waals surface area (Å²) in [4.78, 5) is 10.8. The van der Waals surface area contributed by atoms with Crippen LogP contribution in [0.15, 0.2) is 24.3 Å². The maximum absolute atomic E-state index is 10.8. The summed E-state index contributed by atoms with van der Waals surface area (Å²) >= 11 is 6.82. The fraction of sp³-hybridized carbons (Fsp3) is 0. The highest BCUT2D eigenvalue weighted by Crippen LogP contribution is 2.27. The molecule has 1 nitrogen and oxygen atoms in total. The number of rotatable bonds is 1. The predicted molar refractivity (Wildman–Crippen MR) is 87.5 cm³/mol. The minimum absolute atomic E-state index is 0.765. The van der Waals surface area contributed by atoms with Gasteiger partial charge in [-0.1, -0.05) is 0 Å². The molecule has 0 aromatic heterocycles. The molecule has 76 valence electrons. The van der Waals surface area contributed by atoms with E-state index >= 15 is 0 Å². The summed E-state index contributed by atoms with van der Waals surface area (Å²) in [7, 11) is 0. The van der Waals surface area contributed by atoms with Crippen molar-refractivity contribution in [1.29, 1.82) is 0 Å². The summed E-state index contributed by atoms with van der Waals surface area (Å²) in [5.74, 6) is 0. The van der Waals surface area contributed by atoms with Gasteiger partial charge in [-0.15, -0.1) is 0 Å². The summed E-state index contributed by atoms with van der Waals surface area (Å²) in [6.07, 6.45) is 0.911. The van der Waals surface area contributed by atoms with Crippen LogP contribution in [0, 0.1) is 10.7 Å². The van der Waals surface area contributed by atoms with Crippen LogP contribution in [0.25, 0.3) is 10.8 Å². The van der Waals surface area contributed by atoms with Crippen molar-refractivity contribution >= 4 is 84.8 Å². The van der Waals surface area contributed by atoms with Gasteiger partial charge in [-0.3, -0.25) is 4.79 Å². The summed E-state index contributed by atoms with van der Waals surface area (Å²) < 4.78 is 3.43. The Morgan fingerprint density at radius 2 is 1.67 bits per heavy atom. The first kappa shape index (κ1) is 12.0. The molecule has 0 aliphatic carbocycles. The van der Waals surface area contributed by atoms with Gasteiger partial charge in [0.15, 0.2) is 6.29 Å². The third-order valence-electron chi connectivity index (χ3n) is 2.11. The van der Waals surface area contributed by atoms with E-state index < -0.39 is 0 Å². The molecule has 0 bridgehead atoms. The lowest BCUT2D eigenvalue weighted by atomic mass is 10.1. The van der Waals surface area contributed by atoms with Gasteiger partial charge < -0.3 is 0 Å². The van der Waals surface area contributed by atoms with Gasteiger partial charge in [0.1, 0.15) is 0 Å². The Labute approximate surface area is 128 Å². The second-order valence-corrected chi connectivity index (χ2v) is 6.67. The van der Waals surface area contributed by atoms with Gasteiger partial charge in [-0.25, -0.2) is 0 Å². The van der Waals surface area contributed by atoms with Gasteiger partial charge >= 0.3 is 0 Å². The van der Waals surface area contributed by atoms with Gasteiger partial charge in [-0.2, -0.15) is 0 Å². The Balaban J connectivity index is 2.87. The van der Waals surface area contributed by atoms with Crippen molar-refractivity contribution in [1.82, 2.24) is 0 Å². The second kappa shape index (κ2) is 4.82. The van der Waals surface area contributed by atoms with Crippen molar-refractivity contribution in [3.05, 3.63) is 40.5 Å².